The Hall–Kier alpha value is -2.09. The zero-order chi connectivity index (χ0) is 17.6. The molecule has 0 saturated heterocycles. The lowest BCUT2D eigenvalue weighted by Crippen LogP contribution is -2.28. The van der Waals surface area contributed by atoms with Gasteiger partial charge in [-0.05, 0) is 41.0 Å². The minimum atomic E-state index is 0.0498. The number of benzene rings is 1. The van der Waals surface area contributed by atoms with Crippen LogP contribution in [0.3, 0.4) is 0 Å². The molecule has 134 valence electrons. The summed E-state index contributed by atoms with van der Waals surface area (Å²) in [5.74, 6) is 1.17. The predicted molar refractivity (Wildman–Crippen MR) is 95.5 cm³/mol. The van der Waals surface area contributed by atoms with Gasteiger partial charge in [0.05, 0.1) is 18.9 Å². The van der Waals surface area contributed by atoms with Gasteiger partial charge in [0.2, 0.25) is 11.1 Å². The summed E-state index contributed by atoms with van der Waals surface area (Å²) in [6, 6.07) is 8.13. The largest absolute Gasteiger partial charge is 0.497 e. The lowest BCUT2D eigenvalue weighted by molar-refractivity contribution is -0.127. The first-order valence-corrected chi connectivity index (χ1v) is 9.43. The Labute approximate surface area is 151 Å². The third-order valence-electron chi connectivity index (χ3n) is 4.44. The molecule has 0 spiro atoms. The van der Waals surface area contributed by atoms with Gasteiger partial charge in [0.15, 0.2) is 0 Å². The van der Waals surface area contributed by atoms with Crippen molar-refractivity contribution in [3.05, 3.63) is 29.8 Å². The lowest BCUT2D eigenvalue weighted by Gasteiger charge is -2.17. The van der Waals surface area contributed by atoms with Crippen LogP contribution in [0.4, 0.5) is 0 Å². The van der Waals surface area contributed by atoms with E-state index in [0.29, 0.717) is 18.3 Å². The lowest BCUT2D eigenvalue weighted by atomic mass is 10.2. The molecule has 0 N–H and O–H groups in total. The van der Waals surface area contributed by atoms with Crippen molar-refractivity contribution in [3.63, 3.8) is 0 Å². The first-order chi connectivity index (χ1) is 12.2. The number of hydrogen-bond acceptors (Lipinski definition) is 6. The summed E-state index contributed by atoms with van der Waals surface area (Å²) in [5.41, 5.74) is 1.04. The van der Waals surface area contributed by atoms with E-state index in [9.17, 15) is 4.79 Å². The quantitative estimate of drug-likeness (QED) is 0.706. The molecule has 0 atom stereocenters. The van der Waals surface area contributed by atoms with Gasteiger partial charge < -0.3 is 9.64 Å². The second-order valence-electron chi connectivity index (χ2n) is 6.23. The molecule has 8 heteroatoms. The minimum Gasteiger partial charge on any atom is -0.497 e. The summed E-state index contributed by atoms with van der Waals surface area (Å²) in [5, 5.41) is 12.7. The van der Waals surface area contributed by atoms with Gasteiger partial charge in [-0.15, -0.1) is 5.10 Å². The standard InChI is InChI=1S/C17H23N5O2S/c1-21(11-13-6-5-9-15(10-13)24-2)16(23)12-25-17-18-19-20-22(17)14-7-3-4-8-14/h5-6,9-10,14H,3-4,7-8,11-12H2,1-2H3. The Bertz CT molecular complexity index is 715. The molecule has 1 aromatic heterocycles. The van der Waals surface area contributed by atoms with E-state index < -0.39 is 0 Å². The normalized spacial score (nSPS) is 14.6. The molecule has 3 rings (SSSR count). The fourth-order valence-corrected chi connectivity index (χ4v) is 3.91. The molecule has 1 aliphatic carbocycles. The van der Waals surface area contributed by atoms with Crippen LogP contribution in [0.2, 0.25) is 0 Å². The maximum absolute atomic E-state index is 12.4. The maximum atomic E-state index is 12.4. The smallest absolute Gasteiger partial charge is 0.233 e. The number of rotatable bonds is 7. The van der Waals surface area contributed by atoms with Crippen molar-refractivity contribution in [2.24, 2.45) is 0 Å². The highest BCUT2D eigenvalue weighted by Crippen LogP contribution is 2.31. The van der Waals surface area contributed by atoms with Gasteiger partial charge in [0.25, 0.3) is 0 Å². The number of aromatic nitrogens is 4. The van der Waals surface area contributed by atoms with Gasteiger partial charge in [0, 0.05) is 13.6 Å². The second kappa shape index (κ2) is 8.33. The molecule has 7 nitrogen and oxygen atoms in total. The van der Waals surface area contributed by atoms with E-state index >= 15 is 0 Å². The molecule has 0 unspecified atom stereocenters. The molecule has 0 bridgehead atoms. The molecule has 1 heterocycles. The van der Waals surface area contributed by atoms with Gasteiger partial charge in [0.1, 0.15) is 5.75 Å². The number of carbonyl (C=O) groups is 1. The number of nitrogens with zero attached hydrogens (tertiary/aromatic N) is 5. The van der Waals surface area contributed by atoms with Crippen LogP contribution in [0.15, 0.2) is 29.4 Å². The molecule has 1 aliphatic rings. The number of thioether (sulfide) groups is 1. The van der Waals surface area contributed by atoms with Crippen LogP contribution in [-0.4, -0.2) is 50.9 Å². The van der Waals surface area contributed by atoms with E-state index in [2.05, 4.69) is 15.5 Å². The Morgan fingerprint density at radius 3 is 2.96 bits per heavy atom. The van der Waals surface area contributed by atoms with Gasteiger partial charge in [-0.3, -0.25) is 4.79 Å². The molecular formula is C17H23N5O2S. The van der Waals surface area contributed by atoms with Crippen LogP contribution in [-0.2, 0) is 11.3 Å². The van der Waals surface area contributed by atoms with E-state index in [0.717, 1.165) is 29.3 Å². The molecule has 1 fully saturated rings. The van der Waals surface area contributed by atoms with Crippen LogP contribution in [0.1, 0.15) is 37.3 Å². The van der Waals surface area contributed by atoms with Crippen molar-refractivity contribution in [3.8, 4) is 5.75 Å². The van der Waals surface area contributed by atoms with Crippen molar-refractivity contribution in [2.75, 3.05) is 19.9 Å². The van der Waals surface area contributed by atoms with E-state index in [1.165, 1.54) is 24.6 Å². The average molecular weight is 361 g/mol. The summed E-state index contributed by atoms with van der Waals surface area (Å²) in [7, 11) is 3.45. The highest BCUT2D eigenvalue weighted by molar-refractivity contribution is 7.99. The summed E-state index contributed by atoms with van der Waals surface area (Å²) in [4.78, 5) is 14.1. The van der Waals surface area contributed by atoms with E-state index in [1.54, 1.807) is 12.0 Å². The number of carbonyl (C=O) groups excluding carboxylic acids is 1. The van der Waals surface area contributed by atoms with Gasteiger partial charge in [-0.25, -0.2) is 4.68 Å². The monoisotopic (exact) mass is 361 g/mol. The number of amides is 1. The van der Waals surface area contributed by atoms with Crippen LogP contribution in [0.5, 0.6) is 5.75 Å². The van der Waals surface area contributed by atoms with Crippen molar-refractivity contribution in [1.29, 1.82) is 0 Å². The summed E-state index contributed by atoms with van der Waals surface area (Å²) in [6.45, 7) is 0.546. The molecule has 0 radical (unpaired) electrons. The molecule has 0 aliphatic heterocycles. The molecule has 25 heavy (non-hydrogen) atoms. The second-order valence-corrected chi connectivity index (χ2v) is 7.18. The Morgan fingerprint density at radius 1 is 1.40 bits per heavy atom. The molecule has 1 amide bonds. The first kappa shape index (κ1) is 17.7. The number of hydrogen-bond donors (Lipinski definition) is 0. The molecular weight excluding hydrogens is 338 g/mol. The summed E-state index contributed by atoms with van der Waals surface area (Å²) < 4.78 is 7.10. The predicted octanol–water partition coefficient (Wildman–Crippen LogP) is 2.55. The third-order valence-corrected chi connectivity index (χ3v) is 5.36. The number of ether oxygens (including phenoxy) is 1. The van der Waals surface area contributed by atoms with Gasteiger partial charge in [-0.2, -0.15) is 0 Å². The van der Waals surface area contributed by atoms with Crippen LogP contribution >= 0.6 is 11.8 Å². The summed E-state index contributed by atoms with van der Waals surface area (Å²) in [6.07, 6.45) is 4.66. The van der Waals surface area contributed by atoms with Crippen molar-refractivity contribution < 1.29 is 9.53 Å². The Balaban J connectivity index is 1.54. The van der Waals surface area contributed by atoms with Crippen LogP contribution in [0, 0.1) is 0 Å². The topological polar surface area (TPSA) is 73.1 Å². The molecule has 2 aromatic rings. The zero-order valence-corrected chi connectivity index (χ0v) is 15.4. The SMILES string of the molecule is COc1cccc(CN(C)C(=O)CSc2nnnn2C2CCCC2)c1. The van der Waals surface area contributed by atoms with Crippen LogP contribution < -0.4 is 4.74 Å². The van der Waals surface area contributed by atoms with Gasteiger partial charge in [-0.1, -0.05) is 36.7 Å². The Morgan fingerprint density at radius 2 is 2.20 bits per heavy atom. The highest BCUT2D eigenvalue weighted by atomic mass is 32.2. The minimum absolute atomic E-state index is 0.0498. The molecule has 1 saturated carbocycles. The fraction of sp³-hybridized carbons (Fsp3) is 0.529. The fourth-order valence-electron chi connectivity index (χ4n) is 3.03. The summed E-state index contributed by atoms with van der Waals surface area (Å²) >= 11 is 1.41. The van der Waals surface area contributed by atoms with Crippen LogP contribution in [0.25, 0.3) is 0 Å². The third kappa shape index (κ3) is 4.50. The molecule has 1 aromatic carbocycles. The average Bonchev–Trinajstić information content (AvgIpc) is 3.30. The van der Waals surface area contributed by atoms with Gasteiger partial charge >= 0.3 is 0 Å². The van der Waals surface area contributed by atoms with Crippen molar-refractivity contribution >= 4 is 17.7 Å². The van der Waals surface area contributed by atoms with Crippen molar-refractivity contribution in [2.45, 2.75) is 43.4 Å². The highest BCUT2D eigenvalue weighted by Gasteiger charge is 2.22. The van der Waals surface area contributed by atoms with E-state index in [-0.39, 0.29) is 5.91 Å². The van der Waals surface area contributed by atoms with E-state index in [4.69, 9.17) is 4.74 Å². The zero-order valence-electron chi connectivity index (χ0n) is 14.6. The maximum Gasteiger partial charge on any atom is 0.233 e. The van der Waals surface area contributed by atoms with E-state index in [1.807, 2.05) is 36.0 Å². The Kier molecular flexibility index (Phi) is 5.91. The number of methoxy groups -OCH3 is 1. The number of tetrazole rings is 1. The van der Waals surface area contributed by atoms with Crippen molar-refractivity contribution in [1.82, 2.24) is 25.1 Å². The first-order valence-electron chi connectivity index (χ1n) is 8.45.